The molecule has 1 atom stereocenters. The number of nitrogens with one attached hydrogen (secondary N) is 1. The number of ketones is 1. The molecule has 3 aromatic rings. The first-order chi connectivity index (χ1) is 14.1. The lowest BCUT2D eigenvalue weighted by molar-refractivity contribution is 0.0987. The van der Waals surface area contributed by atoms with Gasteiger partial charge in [0, 0.05) is 29.6 Å². The van der Waals surface area contributed by atoms with Crippen molar-refractivity contribution in [3.63, 3.8) is 0 Å². The molecule has 5 heteroatoms. The Hall–Kier alpha value is -2.79. The van der Waals surface area contributed by atoms with Crippen molar-refractivity contribution in [2.45, 2.75) is 31.7 Å². The smallest absolute Gasteiger partial charge is 0.174 e. The number of carbonyl (C=O) groups is 1. The van der Waals surface area contributed by atoms with E-state index in [0.29, 0.717) is 29.5 Å². The molecular weight excluding hydrogens is 364 g/mol. The lowest BCUT2D eigenvalue weighted by Crippen LogP contribution is -2.26. The number of aromatic nitrogens is 1. The van der Waals surface area contributed by atoms with Gasteiger partial charge in [0.15, 0.2) is 5.78 Å². The first-order valence-corrected chi connectivity index (χ1v) is 10.1. The van der Waals surface area contributed by atoms with Crippen LogP contribution in [-0.4, -0.2) is 49.5 Å². The second-order valence-electron chi connectivity index (χ2n) is 7.81. The van der Waals surface area contributed by atoms with Gasteiger partial charge in [-0.25, -0.2) is 0 Å². The van der Waals surface area contributed by atoms with Crippen LogP contribution in [0.15, 0.2) is 42.6 Å². The second kappa shape index (κ2) is 8.29. The molecule has 0 spiro atoms. The Kier molecular flexibility index (Phi) is 5.58. The molecule has 5 nitrogen and oxygen atoms in total. The zero-order valence-corrected chi connectivity index (χ0v) is 17.3. The average molecular weight is 392 g/mol. The molecule has 1 N–H and O–H groups in total. The number of hydrogen-bond acceptors (Lipinski definition) is 4. The van der Waals surface area contributed by atoms with Crippen LogP contribution in [0, 0.1) is 0 Å². The van der Waals surface area contributed by atoms with Crippen molar-refractivity contribution in [3.05, 3.63) is 59.3 Å². The lowest BCUT2D eigenvalue weighted by Gasteiger charge is -2.18. The van der Waals surface area contributed by atoms with Crippen molar-refractivity contribution < 1.29 is 14.3 Å². The molecule has 0 amide bonds. The molecule has 1 saturated heterocycles. The van der Waals surface area contributed by atoms with Gasteiger partial charge in [-0.1, -0.05) is 12.1 Å². The monoisotopic (exact) mass is 392 g/mol. The maximum absolute atomic E-state index is 13.1. The number of rotatable bonds is 7. The van der Waals surface area contributed by atoms with E-state index in [0.717, 1.165) is 17.5 Å². The van der Waals surface area contributed by atoms with E-state index < -0.39 is 0 Å². The van der Waals surface area contributed by atoms with Crippen LogP contribution in [0.25, 0.3) is 10.9 Å². The first-order valence-electron chi connectivity index (χ1n) is 10.1. The van der Waals surface area contributed by atoms with Crippen LogP contribution in [0.3, 0.4) is 0 Å². The summed E-state index contributed by atoms with van der Waals surface area (Å²) in [5.74, 6) is 1.08. The third-order valence-electron chi connectivity index (χ3n) is 6.03. The number of likely N-dealkylation sites (tertiary alicyclic amines) is 1. The maximum atomic E-state index is 13.1. The molecule has 1 aromatic heterocycles. The molecule has 2 aromatic carbocycles. The van der Waals surface area contributed by atoms with Gasteiger partial charge in [-0.3, -0.25) is 4.79 Å². The number of carbonyl (C=O) groups excluding carboxylic acids is 1. The number of methoxy groups -OCH3 is 2. The van der Waals surface area contributed by atoms with Gasteiger partial charge in [-0.2, -0.15) is 0 Å². The highest BCUT2D eigenvalue weighted by Gasteiger charge is 2.23. The Morgan fingerprint density at radius 2 is 1.93 bits per heavy atom. The van der Waals surface area contributed by atoms with E-state index in [-0.39, 0.29) is 5.78 Å². The number of nitrogens with zero attached hydrogens (tertiary/aromatic N) is 1. The van der Waals surface area contributed by atoms with Gasteiger partial charge in [-0.05, 0) is 68.2 Å². The van der Waals surface area contributed by atoms with Crippen LogP contribution < -0.4 is 9.47 Å². The number of H-pyrrole nitrogens is 1. The number of Topliss-reactive ketones (excluding diaryl/α,β-unsaturated/α-hetero) is 1. The van der Waals surface area contributed by atoms with E-state index in [4.69, 9.17) is 9.47 Å². The van der Waals surface area contributed by atoms with Crippen LogP contribution in [0.1, 0.15) is 34.3 Å². The van der Waals surface area contributed by atoms with Crippen molar-refractivity contribution in [1.29, 1.82) is 0 Å². The number of hydrogen-bond donors (Lipinski definition) is 1. The van der Waals surface area contributed by atoms with Gasteiger partial charge in [0.2, 0.25) is 0 Å². The Morgan fingerprint density at radius 3 is 2.59 bits per heavy atom. The summed E-state index contributed by atoms with van der Waals surface area (Å²) in [5, 5.41) is 1.21. The predicted octanol–water partition coefficient (Wildman–Crippen LogP) is 4.25. The first kappa shape index (κ1) is 19.5. The molecule has 4 rings (SSSR count). The molecular formula is C24H28N2O3. The number of aromatic amines is 1. The Bertz CT molecular complexity index is 1000. The normalized spacial score (nSPS) is 17.0. The molecule has 1 fully saturated rings. The number of ether oxygens (including phenoxy) is 2. The predicted molar refractivity (Wildman–Crippen MR) is 115 cm³/mol. The van der Waals surface area contributed by atoms with Gasteiger partial charge >= 0.3 is 0 Å². The minimum absolute atomic E-state index is 0.00809. The summed E-state index contributed by atoms with van der Waals surface area (Å²) in [7, 11) is 5.35. The van der Waals surface area contributed by atoms with E-state index >= 15 is 0 Å². The summed E-state index contributed by atoms with van der Waals surface area (Å²) in [5.41, 5.74) is 3.94. The fourth-order valence-corrected chi connectivity index (χ4v) is 4.40. The summed E-state index contributed by atoms with van der Waals surface area (Å²) in [6, 6.07) is 12.2. The highest BCUT2D eigenvalue weighted by Crippen LogP contribution is 2.30. The fraction of sp³-hybridized carbons (Fsp3) is 0.375. The molecule has 0 bridgehead atoms. The summed E-state index contributed by atoms with van der Waals surface area (Å²) in [6.45, 7) is 1.17. The molecule has 1 unspecified atom stereocenters. The third-order valence-corrected chi connectivity index (χ3v) is 6.03. The third kappa shape index (κ3) is 3.87. The van der Waals surface area contributed by atoms with Crippen molar-refractivity contribution in [1.82, 2.24) is 9.88 Å². The van der Waals surface area contributed by atoms with Gasteiger partial charge in [0.05, 0.1) is 14.2 Å². The zero-order valence-electron chi connectivity index (χ0n) is 17.3. The van der Waals surface area contributed by atoms with Gasteiger partial charge < -0.3 is 19.4 Å². The van der Waals surface area contributed by atoms with Crippen molar-refractivity contribution in [2.75, 3.05) is 27.8 Å². The van der Waals surface area contributed by atoms with Crippen LogP contribution in [0.5, 0.6) is 11.5 Å². The molecule has 0 aliphatic carbocycles. The summed E-state index contributed by atoms with van der Waals surface area (Å²) < 4.78 is 10.8. The number of likely N-dealkylation sites (N-methyl/N-ethyl adjacent to an activating group) is 1. The summed E-state index contributed by atoms with van der Waals surface area (Å²) in [4.78, 5) is 18.9. The number of benzene rings is 2. The average Bonchev–Trinajstić information content (AvgIpc) is 3.33. The van der Waals surface area contributed by atoms with Crippen molar-refractivity contribution >= 4 is 16.7 Å². The molecule has 1 aliphatic heterocycles. The van der Waals surface area contributed by atoms with Crippen LogP contribution in [0.4, 0.5) is 0 Å². The minimum atomic E-state index is -0.00809. The molecule has 2 heterocycles. The van der Waals surface area contributed by atoms with Gasteiger partial charge in [-0.15, -0.1) is 0 Å². The molecule has 1 aliphatic rings. The van der Waals surface area contributed by atoms with Gasteiger partial charge in [0.1, 0.15) is 17.1 Å². The van der Waals surface area contributed by atoms with Gasteiger partial charge in [0.25, 0.3) is 0 Å². The SMILES string of the molecule is COc1cccc(OC)c1C(=O)Cc1ccc2[nH]cc(CC3CCCN3C)c2c1. The fourth-order valence-electron chi connectivity index (χ4n) is 4.40. The molecule has 0 saturated carbocycles. The van der Waals surface area contributed by atoms with E-state index in [1.165, 1.54) is 30.3 Å². The number of fused-ring (bicyclic) bond motifs is 1. The maximum Gasteiger partial charge on any atom is 0.174 e. The van der Waals surface area contributed by atoms with Crippen molar-refractivity contribution in [2.24, 2.45) is 0 Å². The Morgan fingerprint density at radius 1 is 1.17 bits per heavy atom. The van der Waals surface area contributed by atoms with Crippen molar-refractivity contribution in [3.8, 4) is 11.5 Å². The molecule has 0 radical (unpaired) electrons. The second-order valence-corrected chi connectivity index (χ2v) is 7.81. The summed E-state index contributed by atoms with van der Waals surface area (Å²) in [6.07, 6.45) is 5.97. The minimum Gasteiger partial charge on any atom is -0.496 e. The zero-order chi connectivity index (χ0) is 20.4. The van der Waals surface area contributed by atoms with E-state index in [1.807, 2.05) is 12.1 Å². The van der Waals surface area contributed by atoms with Crippen LogP contribution >= 0.6 is 0 Å². The molecule has 29 heavy (non-hydrogen) atoms. The van der Waals surface area contributed by atoms with E-state index in [1.54, 1.807) is 26.4 Å². The van der Waals surface area contributed by atoms with E-state index in [9.17, 15) is 4.79 Å². The lowest BCUT2D eigenvalue weighted by atomic mass is 9.98. The topological polar surface area (TPSA) is 54.6 Å². The quantitative estimate of drug-likeness (QED) is 0.611. The Labute approximate surface area is 171 Å². The highest BCUT2D eigenvalue weighted by atomic mass is 16.5. The summed E-state index contributed by atoms with van der Waals surface area (Å²) >= 11 is 0. The van der Waals surface area contributed by atoms with Crippen LogP contribution in [0.2, 0.25) is 0 Å². The van der Waals surface area contributed by atoms with Crippen LogP contribution in [-0.2, 0) is 12.8 Å². The van der Waals surface area contributed by atoms with E-state index in [2.05, 4.69) is 35.3 Å². The Balaban J connectivity index is 1.60. The standard InChI is InChI=1S/C24H28N2O3/c1-26-11-5-6-18(26)14-17-15-25-20-10-9-16(12-19(17)20)13-21(27)24-22(28-2)7-4-8-23(24)29-3/h4,7-10,12,15,18,25H,5-6,11,13-14H2,1-3H3. The largest absolute Gasteiger partial charge is 0.496 e. The highest BCUT2D eigenvalue weighted by molar-refractivity contribution is 6.03. The molecule has 152 valence electrons.